The highest BCUT2D eigenvalue weighted by Crippen LogP contribution is 2.64. The van der Waals surface area contributed by atoms with E-state index in [-0.39, 0.29) is 5.13 Å². The van der Waals surface area contributed by atoms with E-state index >= 15 is 0 Å². The van der Waals surface area contributed by atoms with Crippen molar-refractivity contribution in [2.45, 2.75) is 52.5 Å². The molecule has 0 saturated heterocycles. The van der Waals surface area contributed by atoms with E-state index in [4.69, 9.17) is 0 Å². The van der Waals surface area contributed by atoms with Crippen molar-refractivity contribution in [2.75, 3.05) is 10.0 Å². The zero-order chi connectivity index (χ0) is 33.9. The second kappa shape index (κ2) is 10.5. The highest BCUT2D eigenvalue weighted by Gasteiger charge is 2.95. The van der Waals surface area contributed by atoms with E-state index in [0.717, 1.165) is 17.5 Å². The number of anilines is 2. The molecule has 43 heavy (non-hydrogen) atoms. The van der Waals surface area contributed by atoms with Gasteiger partial charge >= 0.3 is 53.5 Å². The Morgan fingerprint density at radius 2 is 1.07 bits per heavy atom. The normalized spacial score (nSPS) is 14.9. The average molecular weight is 701 g/mol. The fourth-order valence-corrected chi connectivity index (χ4v) is 4.47. The molecule has 0 saturated carbocycles. The van der Waals surface area contributed by atoms with Crippen LogP contribution in [-0.2, 0) is 14.8 Å². The molecule has 2 rings (SSSR count). The molecule has 0 aliphatic rings. The third-order valence-electron chi connectivity index (χ3n) is 5.08. The van der Waals surface area contributed by atoms with Gasteiger partial charge in [0.1, 0.15) is 0 Å². The minimum atomic E-state index is -8.83. The maximum Gasteiger partial charge on any atom is 0.460 e. The average Bonchev–Trinajstić information content (AvgIpc) is 3.35. The molecule has 0 aliphatic carbocycles. The topological polar surface area (TPSA) is 88.2 Å². The molecule has 244 valence electrons. The lowest BCUT2D eigenvalue weighted by atomic mass is 9.89. The van der Waals surface area contributed by atoms with Crippen molar-refractivity contribution in [2.24, 2.45) is 0 Å². The van der Waals surface area contributed by atoms with Crippen LogP contribution in [0.1, 0.15) is 0 Å². The molecule has 0 aliphatic heterocycles. The highest BCUT2D eigenvalue weighted by molar-refractivity contribution is 7.93. The number of amides is 1. The maximum absolute atomic E-state index is 14.0. The number of carbonyl (C=O) groups is 1. The molecule has 1 heterocycles. The molecule has 1 aromatic heterocycles. The van der Waals surface area contributed by atoms with Crippen LogP contribution in [0.15, 0.2) is 40.7 Å². The van der Waals surface area contributed by atoms with Crippen LogP contribution >= 0.6 is 11.3 Å². The number of alkyl halides is 17. The van der Waals surface area contributed by atoms with Crippen molar-refractivity contribution in [3.05, 3.63) is 35.8 Å². The van der Waals surface area contributed by atoms with Gasteiger partial charge in [0, 0.05) is 17.3 Å². The first kappa shape index (κ1) is 36.1. The number of nitrogens with one attached hydrogen (secondary N) is 2. The van der Waals surface area contributed by atoms with Crippen molar-refractivity contribution < 1.29 is 87.8 Å². The van der Waals surface area contributed by atoms with E-state index in [2.05, 4.69) is 4.98 Å². The Hall–Kier alpha value is -3.12. The van der Waals surface area contributed by atoms with Crippen LogP contribution in [0.25, 0.3) is 0 Å². The van der Waals surface area contributed by atoms with Crippen molar-refractivity contribution in [1.82, 2.24) is 4.98 Å². The van der Waals surface area contributed by atoms with Gasteiger partial charge in [0.25, 0.3) is 10.0 Å². The van der Waals surface area contributed by atoms with Gasteiger partial charge in [-0.05, 0) is 24.3 Å². The van der Waals surface area contributed by atoms with Gasteiger partial charge in [-0.3, -0.25) is 9.52 Å². The Balaban J connectivity index is 2.41. The number of halogens is 17. The van der Waals surface area contributed by atoms with Gasteiger partial charge in [0.05, 0.1) is 4.90 Å². The molecular weight excluding hydrogens is 693 g/mol. The number of rotatable bonds is 11. The number of benzene rings is 1. The van der Waals surface area contributed by atoms with E-state index in [9.17, 15) is 87.8 Å². The zero-order valence-electron chi connectivity index (χ0n) is 19.4. The predicted octanol–water partition coefficient (Wildman–Crippen LogP) is 6.89. The minimum Gasteiger partial charge on any atom is -0.321 e. The Morgan fingerprint density at radius 1 is 0.651 bits per heavy atom. The highest BCUT2D eigenvalue weighted by atomic mass is 32.2. The van der Waals surface area contributed by atoms with E-state index in [1.165, 1.54) is 5.38 Å². The van der Waals surface area contributed by atoms with Gasteiger partial charge in [0.2, 0.25) is 0 Å². The first-order chi connectivity index (χ1) is 18.9. The Bertz CT molecular complexity index is 1420. The summed E-state index contributed by atoms with van der Waals surface area (Å²) in [5.41, 5.74) is -1.19. The molecule has 0 fully saturated rings. The molecule has 6 nitrogen and oxygen atoms in total. The second-order valence-corrected chi connectivity index (χ2v) is 10.5. The Labute approximate surface area is 229 Å². The van der Waals surface area contributed by atoms with Gasteiger partial charge in [0.15, 0.2) is 5.13 Å². The Kier molecular flexibility index (Phi) is 8.81. The number of aromatic nitrogens is 1. The third-order valence-corrected chi connectivity index (χ3v) is 7.26. The summed E-state index contributed by atoms with van der Waals surface area (Å²) in [5.74, 6) is -62.6. The monoisotopic (exact) mass is 701 g/mol. The largest absolute Gasteiger partial charge is 0.460 e. The van der Waals surface area contributed by atoms with Crippen LogP contribution in [0.4, 0.5) is 85.5 Å². The van der Waals surface area contributed by atoms with Crippen LogP contribution < -0.4 is 10.0 Å². The molecule has 1 aromatic carbocycles. The second-order valence-electron chi connectivity index (χ2n) is 7.94. The van der Waals surface area contributed by atoms with E-state index < -0.39 is 74.1 Å². The fraction of sp³-hybridized carbons (Fsp3) is 0.444. The third kappa shape index (κ3) is 5.52. The summed E-state index contributed by atoms with van der Waals surface area (Å²) in [6.07, 6.45) is -6.73. The molecule has 0 atom stereocenters. The van der Waals surface area contributed by atoms with E-state index in [1.54, 1.807) is 0 Å². The summed E-state index contributed by atoms with van der Waals surface area (Å²) < 4.78 is 253. The molecule has 1 amide bonds. The zero-order valence-corrected chi connectivity index (χ0v) is 21.0. The number of hydrogen-bond acceptors (Lipinski definition) is 5. The first-order valence-corrected chi connectivity index (χ1v) is 12.3. The molecule has 25 heteroatoms. The summed E-state index contributed by atoms with van der Waals surface area (Å²) >= 11 is 0.766. The number of thiazole rings is 1. The van der Waals surface area contributed by atoms with Crippen molar-refractivity contribution in [3.8, 4) is 0 Å². The molecule has 2 N–H and O–H groups in total. The lowest BCUT2D eigenvalue weighted by Crippen LogP contribution is -2.75. The van der Waals surface area contributed by atoms with Gasteiger partial charge in [-0.25, -0.2) is 13.4 Å². The van der Waals surface area contributed by atoms with Gasteiger partial charge in [-0.2, -0.15) is 74.6 Å². The molecule has 0 spiro atoms. The number of carbonyl (C=O) groups excluding carboxylic acids is 1. The van der Waals surface area contributed by atoms with Crippen LogP contribution in [0.2, 0.25) is 0 Å². The van der Waals surface area contributed by atoms with Crippen LogP contribution in [0, 0.1) is 0 Å². The number of hydrogen-bond donors (Lipinski definition) is 2. The van der Waals surface area contributed by atoms with Crippen LogP contribution in [-0.4, -0.2) is 66.9 Å². The van der Waals surface area contributed by atoms with E-state index in [0.29, 0.717) is 29.6 Å². The summed E-state index contributed by atoms with van der Waals surface area (Å²) in [5, 5.41) is 1.78. The summed E-state index contributed by atoms with van der Waals surface area (Å²) in [6.45, 7) is 0. The Morgan fingerprint density at radius 3 is 1.47 bits per heavy atom. The SMILES string of the molecule is O=C(Nc1ccc(S(=O)(=O)Nc2nccs2)cc1)C(F)(F)C(F)(F)C(F)(F)C(F)(F)C(F)(F)C(F)(F)C(F)(F)C(F)(F)F. The standard InChI is InChI=1S/C18H8F17N3O3S2/c19-11(20,9(39)37-7-1-3-8(4-2-7)43(40,41)38-10-36-5-6-42-10)12(21,22)13(23,24)14(25,26)15(27,28)16(29,30)17(31,32)18(33,34)35/h1-6H,(H,36,38)(H,37,39). The predicted molar refractivity (Wildman–Crippen MR) is 109 cm³/mol. The summed E-state index contributed by atoms with van der Waals surface area (Å²) in [6, 6.07) is 1.52. The van der Waals surface area contributed by atoms with E-state index in [1.807, 2.05) is 4.72 Å². The van der Waals surface area contributed by atoms with Crippen LogP contribution in [0.3, 0.4) is 0 Å². The molecule has 2 aromatic rings. The number of sulfonamides is 1. The smallest absolute Gasteiger partial charge is 0.321 e. The van der Waals surface area contributed by atoms with Gasteiger partial charge in [-0.15, -0.1) is 11.3 Å². The van der Waals surface area contributed by atoms with Crippen molar-refractivity contribution in [3.63, 3.8) is 0 Å². The minimum absolute atomic E-state index is 0.206. The summed E-state index contributed by atoms with van der Waals surface area (Å²) in [4.78, 5) is 14.4. The van der Waals surface area contributed by atoms with Crippen molar-refractivity contribution in [1.29, 1.82) is 0 Å². The molecular formula is C18H8F17N3O3S2. The van der Waals surface area contributed by atoms with Gasteiger partial charge < -0.3 is 5.32 Å². The lowest BCUT2D eigenvalue weighted by Gasteiger charge is -2.42. The molecule has 0 radical (unpaired) electrons. The quantitative estimate of drug-likeness (QED) is 0.250. The fourth-order valence-electron chi connectivity index (χ4n) is 2.68. The lowest BCUT2D eigenvalue weighted by molar-refractivity contribution is -0.459. The van der Waals surface area contributed by atoms with Crippen molar-refractivity contribution >= 4 is 38.1 Å². The molecule has 0 bridgehead atoms. The summed E-state index contributed by atoms with van der Waals surface area (Å²) in [7, 11) is -4.48. The number of nitrogens with zero attached hydrogens (tertiary/aromatic N) is 1. The van der Waals surface area contributed by atoms with Gasteiger partial charge in [-0.1, -0.05) is 0 Å². The van der Waals surface area contributed by atoms with Crippen LogP contribution in [0.5, 0.6) is 0 Å². The molecule has 0 unspecified atom stereocenters. The first-order valence-electron chi connectivity index (χ1n) is 9.98. The maximum atomic E-state index is 14.0.